The highest BCUT2D eigenvalue weighted by Gasteiger charge is 2.24. The molecule has 0 unspecified atom stereocenters. The molecule has 1 aromatic rings. The van der Waals surface area contributed by atoms with Gasteiger partial charge in [0.25, 0.3) is 0 Å². The number of hydrogen-bond acceptors (Lipinski definition) is 3. The zero-order valence-corrected chi connectivity index (χ0v) is 11.9. The SMILES string of the molecule is CCCc1nn(C)c(N(CC)CC2CCC2)c1N. The second-order valence-corrected chi connectivity index (χ2v) is 5.39. The van der Waals surface area contributed by atoms with E-state index >= 15 is 0 Å². The van der Waals surface area contributed by atoms with Crippen molar-refractivity contribution in [1.82, 2.24) is 9.78 Å². The molecule has 2 N–H and O–H groups in total. The fourth-order valence-corrected chi connectivity index (χ4v) is 2.73. The molecule has 1 aromatic heterocycles. The molecule has 0 aliphatic heterocycles. The molecule has 0 saturated heterocycles. The maximum atomic E-state index is 6.28. The first-order valence-electron chi connectivity index (χ1n) is 7.23. The quantitative estimate of drug-likeness (QED) is 0.844. The van der Waals surface area contributed by atoms with Gasteiger partial charge in [0, 0.05) is 20.1 Å². The number of rotatable bonds is 6. The van der Waals surface area contributed by atoms with Crippen LogP contribution in [0.3, 0.4) is 0 Å². The predicted octanol–water partition coefficient (Wildman–Crippen LogP) is 2.58. The summed E-state index contributed by atoms with van der Waals surface area (Å²) >= 11 is 0. The Balaban J connectivity index is 2.17. The molecule has 1 fully saturated rings. The monoisotopic (exact) mass is 250 g/mol. The summed E-state index contributed by atoms with van der Waals surface area (Å²) < 4.78 is 1.96. The summed E-state index contributed by atoms with van der Waals surface area (Å²) in [5.41, 5.74) is 8.22. The van der Waals surface area contributed by atoms with Gasteiger partial charge in [0.1, 0.15) is 5.82 Å². The Bertz CT molecular complexity index is 393. The molecule has 1 aliphatic rings. The first-order chi connectivity index (χ1) is 8.67. The maximum Gasteiger partial charge on any atom is 0.150 e. The van der Waals surface area contributed by atoms with Gasteiger partial charge in [-0.2, -0.15) is 5.10 Å². The number of nitrogen functional groups attached to an aromatic ring is 1. The minimum atomic E-state index is 0.855. The minimum Gasteiger partial charge on any atom is -0.394 e. The highest BCUT2D eigenvalue weighted by atomic mass is 15.4. The van der Waals surface area contributed by atoms with Gasteiger partial charge in [-0.05, 0) is 32.1 Å². The molecule has 0 amide bonds. The Kier molecular flexibility index (Phi) is 4.15. The highest BCUT2D eigenvalue weighted by Crippen LogP contribution is 2.32. The van der Waals surface area contributed by atoms with Crippen LogP contribution in [0.25, 0.3) is 0 Å². The van der Waals surface area contributed by atoms with Gasteiger partial charge in [0.2, 0.25) is 0 Å². The average molecular weight is 250 g/mol. The van der Waals surface area contributed by atoms with Crippen molar-refractivity contribution >= 4 is 11.5 Å². The first-order valence-corrected chi connectivity index (χ1v) is 7.23. The van der Waals surface area contributed by atoms with Crippen molar-refractivity contribution < 1.29 is 0 Å². The molecule has 1 aliphatic carbocycles. The third-order valence-electron chi connectivity index (χ3n) is 4.00. The lowest BCUT2D eigenvalue weighted by molar-refractivity contribution is 0.317. The summed E-state index contributed by atoms with van der Waals surface area (Å²) in [4.78, 5) is 2.39. The zero-order chi connectivity index (χ0) is 13.1. The number of hydrogen-bond donors (Lipinski definition) is 1. The van der Waals surface area contributed by atoms with Gasteiger partial charge >= 0.3 is 0 Å². The third-order valence-corrected chi connectivity index (χ3v) is 4.00. The summed E-state index contributed by atoms with van der Waals surface area (Å²) in [6.45, 7) is 6.50. The standard InChI is InChI=1S/C14H26N4/c1-4-7-12-13(15)14(17(3)16-12)18(5-2)10-11-8-6-9-11/h11H,4-10,15H2,1-3H3. The molecular formula is C14H26N4. The van der Waals surface area contributed by atoms with E-state index in [2.05, 4.69) is 23.8 Å². The Morgan fingerprint density at radius 1 is 1.39 bits per heavy atom. The van der Waals surface area contributed by atoms with E-state index in [1.807, 2.05) is 11.7 Å². The summed E-state index contributed by atoms with van der Waals surface area (Å²) in [6, 6.07) is 0. The van der Waals surface area contributed by atoms with E-state index < -0.39 is 0 Å². The molecule has 0 atom stereocenters. The highest BCUT2D eigenvalue weighted by molar-refractivity contribution is 5.66. The molecular weight excluding hydrogens is 224 g/mol. The van der Waals surface area contributed by atoms with Gasteiger partial charge in [0.05, 0.1) is 11.4 Å². The molecule has 102 valence electrons. The summed E-state index contributed by atoms with van der Waals surface area (Å²) in [6.07, 6.45) is 6.20. The zero-order valence-electron chi connectivity index (χ0n) is 11.9. The first kappa shape index (κ1) is 13.2. The van der Waals surface area contributed by atoms with Crippen LogP contribution in [0.2, 0.25) is 0 Å². The lowest BCUT2D eigenvalue weighted by Gasteiger charge is -2.33. The predicted molar refractivity (Wildman–Crippen MR) is 76.8 cm³/mol. The summed E-state index contributed by atoms with van der Waals surface area (Å²) in [7, 11) is 2.01. The van der Waals surface area contributed by atoms with Gasteiger partial charge in [-0.1, -0.05) is 19.8 Å². The van der Waals surface area contributed by atoms with E-state index in [9.17, 15) is 0 Å². The fraction of sp³-hybridized carbons (Fsp3) is 0.786. The van der Waals surface area contributed by atoms with E-state index in [1.165, 1.54) is 19.3 Å². The van der Waals surface area contributed by atoms with Gasteiger partial charge in [-0.25, -0.2) is 0 Å². The Hall–Kier alpha value is -1.19. The lowest BCUT2D eigenvalue weighted by Crippen LogP contribution is -2.34. The van der Waals surface area contributed by atoms with Crippen molar-refractivity contribution in [3.63, 3.8) is 0 Å². The van der Waals surface area contributed by atoms with E-state index in [4.69, 9.17) is 5.73 Å². The topological polar surface area (TPSA) is 47.1 Å². The molecule has 1 heterocycles. The van der Waals surface area contributed by atoms with Crippen molar-refractivity contribution in [1.29, 1.82) is 0 Å². The minimum absolute atomic E-state index is 0.855. The van der Waals surface area contributed by atoms with Crippen LogP contribution in [0, 0.1) is 5.92 Å². The molecule has 0 bridgehead atoms. The number of aryl methyl sites for hydroxylation is 2. The van der Waals surface area contributed by atoms with Crippen LogP contribution in [-0.4, -0.2) is 22.9 Å². The fourth-order valence-electron chi connectivity index (χ4n) is 2.73. The molecule has 1 saturated carbocycles. The van der Waals surface area contributed by atoms with Crippen LogP contribution in [0.1, 0.15) is 45.2 Å². The maximum absolute atomic E-state index is 6.28. The molecule has 4 heteroatoms. The summed E-state index contributed by atoms with van der Waals surface area (Å²) in [5.74, 6) is 1.97. The van der Waals surface area contributed by atoms with Crippen LogP contribution < -0.4 is 10.6 Å². The van der Waals surface area contributed by atoms with Crippen molar-refractivity contribution in [3.05, 3.63) is 5.69 Å². The lowest BCUT2D eigenvalue weighted by atomic mass is 9.85. The molecule has 0 spiro atoms. The van der Waals surface area contributed by atoms with Crippen LogP contribution in [-0.2, 0) is 13.5 Å². The van der Waals surface area contributed by atoms with Crippen molar-refractivity contribution in [2.75, 3.05) is 23.7 Å². The normalized spacial score (nSPS) is 15.7. The van der Waals surface area contributed by atoms with Crippen LogP contribution in [0.15, 0.2) is 0 Å². The van der Waals surface area contributed by atoms with E-state index in [0.29, 0.717) is 0 Å². The second kappa shape index (κ2) is 5.63. The van der Waals surface area contributed by atoms with E-state index in [0.717, 1.165) is 49.0 Å². The van der Waals surface area contributed by atoms with Crippen LogP contribution in [0.5, 0.6) is 0 Å². The van der Waals surface area contributed by atoms with E-state index in [-0.39, 0.29) is 0 Å². The smallest absolute Gasteiger partial charge is 0.150 e. The number of anilines is 2. The Morgan fingerprint density at radius 2 is 2.11 bits per heavy atom. The molecule has 18 heavy (non-hydrogen) atoms. The van der Waals surface area contributed by atoms with Gasteiger partial charge in [0.15, 0.2) is 0 Å². The van der Waals surface area contributed by atoms with Crippen LogP contribution >= 0.6 is 0 Å². The average Bonchev–Trinajstić information content (AvgIpc) is 2.56. The summed E-state index contributed by atoms with van der Waals surface area (Å²) in [5, 5.41) is 4.57. The molecule has 0 aromatic carbocycles. The number of nitrogens with zero attached hydrogens (tertiary/aromatic N) is 3. The van der Waals surface area contributed by atoms with Crippen molar-refractivity contribution in [2.24, 2.45) is 13.0 Å². The second-order valence-electron chi connectivity index (χ2n) is 5.39. The van der Waals surface area contributed by atoms with Crippen molar-refractivity contribution in [3.8, 4) is 0 Å². The Labute approximate surface area is 110 Å². The molecule has 0 radical (unpaired) electrons. The third kappa shape index (κ3) is 2.47. The van der Waals surface area contributed by atoms with Crippen molar-refractivity contribution in [2.45, 2.75) is 46.0 Å². The van der Waals surface area contributed by atoms with Gasteiger partial charge < -0.3 is 10.6 Å². The Morgan fingerprint density at radius 3 is 2.61 bits per heavy atom. The molecule has 2 rings (SSSR count). The van der Waals surface area contributed by atoms with Gasteiger partial charge in [-0.3, -0.25) is 4.68 Å². The number of aromatic nitrogens is 2. The van der Waals surface area contributed by atoms with Crippen LogP contribution in [0.4, 0.5) is 11.5 Å². The van der Waals surface area contributed by atoms with E-state index in [1.54, 1.807) is 0 Å². The van der Waals surface area contributed by atoms with Gasteiger partial charge in [-0.15, -0.1) is 0 Å². The molecule has 4 nitrogen and oxygen atoms in total. The largest absolute Gasteiger partial charge is 0.394 e. The number of nitrogens with two attached hydrogens (primary N) is 1.